The second-order valence-electron chi connectivity index (χ2n) is 4.07. The van der Waals surface area contributed by atoms with Crippen LogP contribution >= 0.6 is 0 Å². The molecule has 0 saturated heterocycles. The molecule has 0 saturated carbocycles. The molecule has 0 aliphatic rings. The van der Waals surface area contributed by atoms with E-state index in [4.69, 9.17) is 4.74 Å². The smallest absolute Gasteiger partial charge is 0.341 e. The molecule has 0 spiro atoms. The fraction of sp³-hybridized carbons (Fsp3) is 0.500. The van der Waals surface area contributed by atoms with E-state index in [9.17, 15) is 9.18 Å². The fourth-order valence-electron chi connectivity index (χ4n) is 1.49. The van der Waals surface area contributed by atoms with Gasteiger partial charge in [-0.1, -0.05) is 25.5 Å². The summed E-state index contributed by atoms with van der Waals surface area (Å²) in [7, 11) is 0. The highest BCUT2D eigenvalue weighted by Gasteiger charge is 2.11. The third kappa shape index (κ3) is 5.27. The Labute approximate surface area is 107 Å². The van der Waals surface area contributed by atoms with E-state index in [0.717, 1.165) is 32.4 Å². The van der Waals surface area contributed by atoms with Gasteiger partial charge in [0.2, 0.25) is 0 Å². The lowest BCUT2D eigenvalue weighted by molar-refractivity contribution is 0.0495. The molecule has 0 fully saturated rings. The highest BCUT2D eigenvalue weighted by molar-refractivity contribution is 5.89. The average Bonchev–Trinajstić information content (AvgIpc) is 2.38. The Morgan fingerprint density at radius 1 is 1.28 bits per heavy atom. The van der Waals surface area contributed by atoms with Gasteiger partial charge in [0, 0.05) is 0 Å². The van der Waals surface area contributed by atoms with Gasteiger partial charge in [-0.25, -0.2) is 9.18 Å². The Morgan fingerprint density at radius 3 is 2.72 bits per heavy atom. The predicted octanol–water partition coefficient (Wildman–Crippen LogP) is 2.76. The van der Waals surface area contributed by atoms with Crippen LogP contribution in [0.5, 0.6) is 0 Å². The molecular weight excluding hydrogens is 233 g/mol. The molecule has 0 aliphatic carbocycles. The lowest BCUT2D eigenvalue weighted by Crippen LogP contribution is -2.19. The number of carbonyl (C=O) groups is 1. The number of halogens is 1. The number of hydrogen-bond donors (Lipinski definition) is 1. The molecule has 0 aromatic heterocycles. The van der Waals surface area contributed by atoms with Crippen molar-refractivity contribution in [3.63, 3.8) is 0 Å². The van der Waals surface area contributed by atoms with Gasteiger partial charge in [0.1, 0.15) is 5.82 Å². The molecule has 1 aromatic carbocycles. The van der Waals surface area contributed by atoms with Crippen molar-refractivity contribution in [1.82, 2.24) is 5.32 Å². The molecule has 1 rings (SSSR count). The Bertz CT molecular complexity index is 369. The largest absolute Gasteiger partial charge is 0.462 e. The lowest BCUT2D eigenvalue weighted by atomic mass is 10.2. The van der Waals surface area contributed by atoms with E-state index in [-0.39, 0.29) is 5.56 Å². The van der Waals surface area contributed by atoms with E-state index in [0.29, 0.717) is 6.61 Å². The van der Waals surface area contributed by atoms with Crippen molar-refractivity contribution in [1.29, 1.82) is 0 Å². The summed E-state index contributed by atoms with van der Waals surface area (Å²) >= 11 is 0. The summed E-state index contributed by atoms with van der Waals surface area (Å²) in [5.41, 5.74) is -0.00329. The van der Waals surface area contributed by atoms with Crippen LogP contribution in [0.25, 0.3) is 0 Å². The number of benzene rings is 1. The molecule has 0 unspecified atom stereocenters. The number of hydrogen-bond acceptors (Lipinski definition) is 3. The molecule has 18 heavy (non-hydrogen) atoms. The maximum absolute atomic E-state index is 13.2. The van der Waals surface area contributed by atoms with Gasteiger partial charge >= 0.3 is 5.97 Å². The Balaban J connectivity index is 2.16. The van der Waals surface area contributed by atoms with Crippen LogP contribution in [0.2, 0.25) is 0 Å². The van der Waals surface area contributed by atoms with Gasteiger partial charge in [0.25, 0.3) is 0 Å². The van der Waals surface area contributed by atoms with Crippen LogP contribution in [-0.4, -0.2) is 25.7 Å². The molecule has 100 valence electrons. The van der Waals surface area contributed by atoms with Gasteiger partial charge in [0.15, 0.2) is 0 Å². The maximum Gasteiger partial charge on any atom is 0.341 e. The van der Waals surface area contributed by atoms with Gasteiger partial charge < -0.3 is 10.1 Å². The minimum Gasteiger partial charge on any atom is -0.462 e. The Hall–Kier alpha value is -1.42. The summed E-state index contributed by atoms with van der Waals surface area (Å²) in [6, 6.07) is 5.84. The fourth-order valence-corrected chi connectivity index (χ4v) is 1.49. The van der Waals surface area contributed by atoms with Crippen LogP contribution in [0.1, 0.15) is 36.5 Å². The first-order valence-electron chi connectivity index (χ1n) is 6.38. The zero-order chi connectivity index (χ0) is 13.2. The summed E-state index contributed by atoms with van der Waals surface area (Å²) < 4.78 is 18.2. The highest BCUT2D eigenvalue weighted by atomic mass is 19.1. The normalized spacial score (nSPS) is 10.3. The quantitative estimate of drug-likeness (QED) is 0.572. The lowest BCUT2D eigenvalue weighted by Gasteiger charge is -2.06. The van der Waals surface area contributed by atoms with Gasteiger partial charge in [-0.15, -0.1) is 0 Å². The number of carbonyl (C=O) groups excluding carboxylic acids is 1. The van der Waals surface area contributed by atoms with E-state index in [1.807, 2.05) is 0 Å². The number of unbranched alkanes of at least 4 members (excludes halogenated alkanes) is 1. The summed E-state index contributed by atoms with van der Waals surface area (Å²) in [6.07, 6.45) is 3.05. The van der Waals surface area contributed by atoms with Gasteiger partial charge in [-0.3, -0.25) is 0 Å². The van der Waals surface area contributed by atoms with Gasteiger partial charge in [-0.05, 0) is 38.1 Å². The molecule has 1 aromatic rings. The van der Waals surface area contributed by atoms with Crippen molar-refractivity contribution >= 4 is 5.97 Å². The molecule has 4 heteroatoms. The van der Waals surface area contributed by atoms with Crippen LogP contribution in [0.3, 0.4) is 0 Å². The molecule has 3 nitrogen and oxygen atoms in total. The van der Waals surface area contributed by atoms with E-state index in [1.165, 1.54) is 12.1 Å². The molecular formula is C14H20FNO2. The van der Waals surface area contributed by atoms with E-state index in [2.05, 4.69) is 12.2 Å². The second-order valence-corrected chi connectivity index (χ2v) is 4.07. The van der Waals surface area contributed by atoms with Crippen molar-refractivity contribution in [2.75, 3.05) is 19.7 Å². The van der Waals surface area contributed by atoms with Crippen molar-refractivity contribution in [2.45, 2.75) is 26.2 Å². The van der Waals surface area contributed by atoms with Crippen LogP contribution in [0, 0.1) is 5.82 Å². The number of rotatable bonds is 8. The number of ether oxygens (including phenoxy) is 1. The molecule has 0 atom stereocenters. The number of esters is 1. The average molecular weight is 253 g/mol. The van der Waals surface area contributed by atoms with Crippen LogP contribution < -0.4 is 5.32 Å². The number of nitrogens with one attached hydrogen (secondary N) is 1. The summed E-state index contributed by atoms with van der Waals surface area (Å²) in [5.74, 6) is -1.13. The SMILES string of the molecule is CCCCNCCCOC(=O)c1ccccc1F. The molecule has 1 N–H and O–H groups in total. The Morgan fingerprint density at radius 2 is 2.00 bits per heavy atom. The Kier molecular flexibility index (Phi) is 7.03. The highest BCUT2D eigenvalue weighted by Crippen LogP contribution is 2.07. The minimum absolute atomic E-state index is 0.00329. The zero-order valence-electron chi connectivity index (χ0n) is 10.7. The monoisotopic (exact) mass is 253 g/mol. The first-order chi connectivity index (χ1) is 8.75. The van der Waals surface area contributed by atoms with Crippen molar-refractivity contribution in [2.24, 2.45) is 0 Å². The van der Waals surface area contributed by atoms with Crippen molar-refractivity contribution in [3.8, 4) is 0 Å². The third-order valence-electron chi connectivity index (χ3n) is 2.53. The summed E-state index contributed by atoms with van der Waals surface area (Å²) in [6.45, 7) is 4.24. The molecule has 0 amide bonds. The zero-order valence-corrected chi connectivity index (χ0v) is 10.7. The molecule has 0 bridgehead atoms. The molecule has 0 aliphatic heterocycles. The topological polar surface area (TPSA) is 38.3 Å². The first-order valence-corrected chi connectivity index (χ1v) is 6.38. The van der Waals surface area contributed by atoms with E-state index < -0.39 is 11.8 Å². The maximum atomic E-state index is 13.2. The van der Waals surface area contributed by atoms with E-state index >= 15 is 0 Å². The van der Waals surface area contributed by atoms with Crippen LogP contribution in [-0.2, 0) is 4.74 Å². The standard InChI is InChI=1S/C14H20FNO2/c1-2-3-9-16-10-6-11-18-14(17)12-7-4-5-8-13(12)15/h4-5,7-8,16H,2-3,6,9-11H2,1H3. The molecule has 0 heterocycles. The van der Waals surface area contributed by atoms with Gasteiger partial charge in [-0.2, -0.15) is 0 Å². The van der Waals surface area contributed by atoms with Crippen molar-refractivity contribution < 1.29 is 13.9 Å². The first kappa shape index (κ1) is 14.6. The third-order valence-corrected chi connectivity index (χ3v) is 2.53. The predicted molar refractivity (Wildman–Crippen MR) is 69.1 cm³/mol. The molecule has 0 radical (unpaired) electrons. The minimum atomic E-state index is -0.596. The van der Waals surface area contributed by atoms with Crippen molar-refractivity contribution in [3.05, 3.63) is 35.6 Å². The van der Waals surface area contributed by atoms with Crippen LogP contribution in [0.15, 0.2) is 24.3 Å². The summed E-state index contributed by atoms with van der Waals surface area (Å²) in [5, 5.41) is 3.25. The summed E-state index contributed by atoms with van der Waals surface area (Å²) in [4.78, 5) is 11.5. The second kappa shape index (κ2) is 8.64. The van der Waals surface area contributed by atoms with Crippen LogP contribution in [0.4, 0.5) is 4.39 Å². The van der Waals surface area contributed by atoms with Gasteiger partial charge in [0.05, 0.1) is 12.2 Å². The van der Waals surface area contributed by atoms with E-state index in [1.54, 1.807) is 12.1 Å².